The maximum Gasteiger partial charge on any atom is 0.251 e. The van der Waals surface area contributed by atoms with Crippen LogP contribution in [0.3, 0.4) is 0 Å². The molecule has 0 bridgehead atoms. The van der Waals surface area contributed by atoms with Crippen molar-refractivity contribution in [2.75, 3.05) is 0 Å². The minimum Gasteiger partial charge on any atom is -0.488 e. The maximum atomic E-state index is 12.0. The van der Waals surface area contributed by atoms with E-state index in [0.29, 0.717) is 11.3 Å². The van der Waals surface area contributed by atoms with Crippen LogP contribution in [0.25, 0.3) is 0 Å². The summed E-state index contributed by atoms with van der Waals surface area (Å²) >= 11 is 0. The van der Waals surface area contributed by atoms with Gasteiger partial charge in [-0.3, -0.25) is 4.79 Å². The Hall–Kier alpha value is -1.51. The van der Waals surface area contributed by atoms with Crippen LogP contribution in [0.4, 0.5) is 0 Å². The van der Waals surface area contributed by atoms with E-state index >= 15 is 0 Å². The second kappa shape index (κ2) is 5.01. The molecule has 1 amide bonds. The summed E-state index contributed by atoms with van der Waals surface area (Å²) in [6, 6.07) is 7.25. The molecule has 18 heavy (non-hydrogen) atoms. The zero-order valence-corrected chi connectivity index (χ0v) is 12.1. The minimum atomic E-state index is -0.265. The molecule has 0 spiro atoms. The van der Waals surface area contributed by atoms with Gasteiger partial charge in [0.2, 0.25) is 0 Å². The van der Waals surface area contributed by atoms with Gasteiger partial charge in [0, 0.05) is 11.1 Å². The van der Waals surface area contributed by atoms with Crippen LogP contribution in [0.2, 0.25) is 0 Å². The number of rotatable bonds is 2. The number of carbonyl (C=O) groups is 1. The molecule has 0 aliphatic carbocycles. The Balaban J connectivity index is 2.85. The summed E-state index contributed by atoms with van der Waals surface area (Å²) in [4.78, 5) is 12.0. The minimum absolute atomic E-state index is 0.0816. The van der Waals surface area contributed by atoms with E-state index in [0.717, 1.165) is 0 Å². The van der Waals surface area contributed by atoms with Gasteiger partial charge in [0.15, 0.2) is 0 Å². The fourth-order valence-electron chi connectivity index (χ4n) is 1.47. The quantitative estimate of drug-likeness (QED) is 0.872. The van der Waals surface area contributed by atoms with Crippen molar-refractivity contribution in [2.24, 2.45) is 0 Å². The van der Waals surface area contributed by atoms with Gasteiger partial charge in [0.25, 0.3) is 5.91 Å². The van der Waals surface area contributed by atoms with E-state index in [2.05, 4.69) is 5.32 Å². The van der Waals surface area contributed by atoms with Gasteiger partial charge in [-0.15, -0.1) is 0 Å². The first kappa shape index (κ1) is 14.6. The van der Waals surface area contributed by atoms with E-state index in [4.69, 9.17) is 4.74 Å². The molecule has 0 aliphatic rings. The number of hydrogen-bond donors (Lipinski definition) is 1. The molecule has 0 aliphatic heterocycles. The molecule has 0 aromatic heterocycles. The normalized spacial score (nSPS) is 12.1. The van der Waals surface area contributed by atoms with Crippen LogP contribution in [0.15, 0.2) is 24.3 Å². The van der Waals surface area contributed by atoms with Crippen LogP contribution in [0, 0.1) is 0 Å². The van der Waals surface area contributed by atoms with Crippen LogP contribution >= 0.6 is 0 Å². The summed E-state index contributed by atoms with van der Waals surface area (Å²) in [5.74, 6) is 0.630. The molecule has 0 fully saturated rings. The number of amides is 1. The molecule has 0 radical (unpaired) electrons. The van der Waals surface area contributed by atoms with Crippen LogP contribution < -0.4 is 10.1 Å². The Labute approximate surface area is 110 Å². The Morgan fingerprint density at radius 1 is 1.11 bits per heavy atom. The molecular formula is C15H23NO2. The zero-order chi connectivity index (χ0) is 14.0. The van der Waals surface area contributed by atoms with E-state index in [-0.39, 0.29) is 17.0 Å². The lowest BCUT2D eigenvalue weighted by molar-refractivity contribution is 0.0916. The highest BCUT2D eigenvalue weighted by Crippen LogP contribution is 2.19. The number of hydrogen-bond acceptors (Lipinski definition) is 2. The van der Waals surface area contributed by atoms with Crippen LogP contribution in [-0.2, 0) is 0 Å². The smallest absolute Gasteiger partial charge is 0.251 e. The molecule has 3 heteroatoms. The van der Waals surface area contributed by atoms with Crippen molar-refractivity contribution in [3.63, 3.8) is 0 Å². The van der Waals surface area contributed by atoms with Gasteiger partial charge in [-0.25, -0.2) is 0 Å². The fourth-order valence-corrected chi connectivity index (χ4v) is 1.47. The molecule has 0 unspecified atom stereocenters. The van der Waals surface area contributed by atoms with Crippen molar-refractivity contribution in [2.45, 2.75) is 52.7 Å². The topological polar surface area (TPSA) is 38.3 Å². The van der Waals surface area contributed by atoms with Crippen molar-refractivity contribution >= 4 is 5.91 Å². The third-order valence-electron chi connectivity index (χ3n) is 2.01. The van der Waals surface area contributed by atoms with Gasteiger partial charge in [-0.1, -0.05) is 6.07 Å². The highest BCUT2D eigenvalue weighted by Gasteiger charge is 2.17. The van der Waals surface area contributed by atoms with Gasteiger partial charge in [-0.2, -0.15) is 0 Å². The predicted octanol–water partition coefficient (Wildman–Crippen LogP) is 3.39. The second-order valence-electron chi connectivity index (χ2n) is 6.45. The molecule has 0 atom stereocenters. The van der Waals surface area contributed by atoms with Crippen molar-refractivity contribution in [3.8, 4) is 5.75 Å². The van der Waals surface area contributed by atoms with Crippen LogP contribution in [0.1, 0.15) is 51.9 Å². The van der Waals surface area contributed by atoms with Crippen molar-refractivity contribution in [1.82, 2.24) is 5.32 Å². The van der Waals surface area contributed by atoms with Crippen molar-refractivity contribution in [3.05, 3.63) is 29.8 Å². The molecule has 100 valence electrons. The number of benzene rings is 1. The van der Waals surface area contributed by atoms with E-state index in [9.17, 15) is 4.79 Å². The lowest BCUT2D eigenvalue weighted by atomic mass is 10.1. The predicted molar refractivity (Wildman–Crippen MR) is 74.0 cm³/mol. The molecule has 3 nitrogen and oxygen atoms in total. The molecule has 1 aromatic carbocycles. The zero-order valence-electron chi connectivity index (χ0n) is 12.1. The average Bonchev–Trinajstić information content (AvgIpc) is 2.12. The van der Waals surface area contributed by atoms with Crippen molar-refractivity contribution < 1.29 is 9.53 Å². The first-order chi connectivity index (χ1) is 8.07. The Bertz CT molecular complexity index is 425. The molecule has 0 saturated carbocycles. The fraction of sp³-hybridized carbons (Fsp3) is 0.533. The van der Waals surface area contributed by atoms with E-state index < -0.39 is 0 Å². The number of ether oxygens (including phenoxy) is 1. The standard InChI is InChI=1S/C15H23NO2/c1-14(2,3)16-13(17)11-8-7-9-12(10-11)18-15(4,5)6/h7-10H,1-6H3,(H,16,17). The molecule has 1 aromatic rings. The summed E-state index contributed by atoms with van der Waals surface area (Å²) in [7, 11) is 0. The van der Waals surface area contributed by atoms with Crippen LogP contribution in [0.5, 0.6) is 5.75 Å². The largest absolute Gasteiger partial charge is 0.488 e. The van der Waals surface area contributed by atoms with Crippen LogP contribution in [-0.4, -0.2) is 17.0 Å². The molecule has 0 saturated heterocycles. The Kier molecular flexibility index (Phi) is 4.05. The summed E-state index contributed by atoms with van der Waals surface area (Å²) in [5.41, 5.74) is 0.114. The first-order valence-electron chi connectivity index (χ1n) is 6.18. The van der Waals surface area contributed by atoms with Crippen molar-refractivity contribution in [1.29, 1.82) is 0 Å². The monoisotopic (exact) mass is 249 g/mol. The van der Waals surface area contributed by atoms with Gasteiger partial charge in [-0.05, 0) is 59.7 Å². The molecular weight excluding hydrogens is 226 g/mol. The Morgan fingerprint density at radius 2 is 1.72 bits per heavy atom. The highest BCUT2D eigenvalue weighted by molar-refractivity contribution is 5.95. The highest BCUT2D eigenvalue weighted by atomic mass is 16.5. The molecule has 1 N–H and O–H groups in total. The summed E-state index contributed by atoms with van der Waals surface area (Å²) in [6.07, 6.45) is 0. The Morgan fingerprint density at radius 3 is 2.22 bits per heavy atom. The maximum absolute atomic E-state index is 12.0. The van der Waals surface area contributed by atoms with E-state index in [1.807, 2.05) is 53.7 Å². The van der Waals surface area contributed by atoms with E-state index in [1.165, 1.54) is 0 Å². The number of carbonyl (C=O) groups excluding carboxylic acids is 1. The van der Waals surface area contributed by atoms with E-state index in [1.54, 1.807) is 12.1 Å². The van der Waals surface area contributed by atoms with Gasteiger partial charge >= 0.3 is 0 Å². The first-order valence-corrected chi connectivity index (χ1v) is 6.18. The molecule has 1 rings (SSSR count). The van der Waals surface area contributed by atoms with Gasteiger partial charge in [0.05, 0.1) is 0 Å². The SMILES string of the molecule is CC(C)(C)NC(=O)c1cccc(OC(C)(C)C)c1. The molecule has 0 heterocycles. The van der Waals surface area contributed by atoms with Gasteiger partial charge in [0.1, 0.15) is 11.4 Å². The summed E-state index contributed by atoms with van der Waals surface area (Å²) in [6.45, 7) is 11.8. The summed E-state index contributed by atoms with van der Waals surface area (Å²) < 4.78 is 5.74. The number of nitrogens with one attached hydrogen (secondary N) is 1. The second-order valence-corrected chi connectivity index (χ2v) is 6.45. The summed E-state index contributed by atoms with van der Waals surface area (Å²) in [5, 5.41) is 2.93. The lowest BCUT2D eigenvalue weighted by Gasteiger charge is -2.23. The van der Waals surface area contributed by atoms with Gasteiger partial charge < -0.3 is 10.1 Å². The average molecular weight is 249 g/mol. The lowest BCUT2D eigenvalue weighted by Crippen LogP contribution is -2.40. The third-order valence-corrected chi connectivity index (χ3v) is 2.01. The third kappa shape index (κ3) is 5.21.